The highest BCUT2D eigenvalue weighted by molar-refractivity contribution is 5.96. The molecular formula is C33H45N3O4. The SMILES string of the molecule is CCCN(CCC)C(=O)C1=CC=CC(C(N)=O)([C@H](Cc2ccccc2)[C@@H](O)CNCCc2ccc(OC)cc2)C1. The highest BCUT2D eigenvalue weighted by Crippen LogP contribution is 2.43. The van der Waals surface area contributed by atoms with Crippen LogP contribution in [-0.4, -0.2) is 61.2 Å². The second kappa shape index (κ2) is 15.4. The summed E-state index contributed by atoms with van der Waals surface area (Å²) >= 11 is 0. The van der Waals surface area contributed by atoms with Crippen molar-refractivity contribution in [3.05, 3.63) is 89.5 Å². The first kappa shape index (κ1) is 31.1. The molecule has 3 rings (SSSR count). The molecule has 0 saturated carbocycles. The molecule has 216 valence electrons. The van der Waals surface area contributed by atoms with Crippen molar-refractivity contribution in [2.45, 2.75) is 52.1 Å². The number of hydrogen-bond acceptors (Lipinski definition) is 5. The molecule has 0 bridgehead atoms. The van der Waals surface area contributed by atoms with Gasteiger partial charge in [0.2, 0.25) is 11.8 Å². The van der Waals surface area contributed by atoms with Crippen LogP contribution in [0.2, 0.25) is 0 Å². The number of allylic oxidation sites excluding steroid dienone is 2. The van der Waals surface area contributed by atoms with Crippen molar-refractivity contribution >= 4 is 11.8 Å². The molecule has 0 radical (unpaired) electrons. The molecular weight excluding hydrogens is 502 g/mol. The van der Waals surface area contributed by atoms with Crippen LogP contribution >= 0.6 is 0 Å². The minimum Gasteiger partial charge on any atom is -0.497 e. The van der Waals surface area contributed by atoms with Crippen molar-refractivity contribution in [2.75, 3.05) is 33.3 Å². The van der Waals surface area contributed by atoms with E-state index in [-0.39, 0.29) is 12.3 Å². The highest BCUT2D eigenvalue weighted by atomic mass is 16.5. The van der Waals surface area contributed by atoms with Gasteiger partial charge in [-0.15, -0.1) is 0 Å². The lowest BCUT2D eigenvalue weighted by atomic mass is 9.64. The molecule has 7 heteroatoms. The van der Waals surface area contributed by atoms with Crippen molar-refractivity contribution in [3.63, 3.8) is 0 Å². The minimum atomic E-state index is -1.20. The molecule has 1 unspecified atom stereocenters. The van der Waals surface area contributed by atoms with Crippen LogP contribution < -0.4 is 15.8 Å². The molecule has 2 amide bonds. The first-order valence-corrected chi connectivity index (χ1v) is 14.4. The fourth-order valence-corrected chi connectivity index (χ4v) is 5.53. The van der Waals surface area contributed by atoms with Gasteiger partial charge < -0.3 is 25.8 Å². The monoisotopic (exact) mass is 547 g/mol. The number of aliphatic hydroxyl groups excluding tert-OH is 1. The van der Waals surface area contributed by atoms with E-state index in [4.69, 9.17) is 10.5 Å². The Kier molecular flexibility index (Phi) is 12.0. The molecule has 40 heavy (non-hydrogen) atoms. The van der Waals surface area contributed by atoms with Crippen molar-refractivity contribution in [1.82, 2.24) is 10.2 Å². The van der Waals surface area contributed by atoms with Crippen molar-refractivity contribution in [1.29, 1.82) is 0 Å². The van der Waals surface area contributed by atoms with E-state index in [1.165, 1.54) is 0 Å². The first-order chi connectivity index (χ1) is 19.3. The van der Waals surface area contributed by atoms with Crippen LogP contribution in [0.3, 0.4) is 0 Å². The lowest BCUT2D eigenvalue weighted by Crippen LogP contribution is -2.51. The molecule has 2 aromatic rings. The van der Waals surface area contributed by atoms with E-state index < -0.39 is 23.3 Å². The molecule has 0 fully saturated rings. The van der Waals surface area contributed by atoms with Crippen LogP contribution in [0.1, 0.15) is 44.2 Å². The van der Waals surface area contributed by atoms with E-state index in [1.54, 1.807) is 25.3 Å². The summed E-state index contributed by atoms with van der Waals surface area (Å²) in [5, 5.41) is 14.9. The average molecular weight is 548 g/mol. The number of rotatable bonds is 16. The van der Waals surface area contributed by atoms with Gasteiger partial charge in [0.1, 0.15) is 5.75 Å². The zero-order valence-corrected chi connectivity index (χ0v) is 24.1. The van der Waals surface area contributed by atoms with Crippen molar-refractivity contribution in [2.24, 2.45) is 17.1 Å². The fourth-order valence-electron chi connectivity index (χ4n) is 5.53. The summed E-state index contributed by atoms with van der Waals surface area (Å²) in [5.74, 6) is -0.311. The third kappa shape index (κ3) is 8.05. The Morgan fingerprint density at radius 3 is 2.33 bits per heavy atom. The summed E-state index contributed by atoms with van der Waals surface area (Å²) in [7, 11) is 1.64. The van der Waals surface area contributed by atoms with E-state index in [9.17, 15) is 14.7 Å². The Morgan fingerprint density at radius 2 is 1.73 bits per heavy atom. The molecule has 1 aliphatic rings. The summed E-state index contributed by atoms with van der Waals surface area (Å²) in [4.78, 5) is 28.6. The number of aliphatic hydroxyl groups is 1. The topological polar surface area (TPSA) is 105 Å². The number of carbonyl (C=O) groups is 2. The first-order valence-electron chi connectivity index (χ1n) is 14.4. The number of benzene rings is 2. The number of primary amides is 1. The standard InChI is InChI=1S/C33H45N3O4/c1-4-20-36(21-5-2)31(38)27-12-9-18-33(23-27,32(34)39)29(22-26-10-7-6-8-11-26)30(37)24-35-19-17-25-13-15-28(40-3)16-14-25/h6-16,18,29-30,35,37H,4-5,17,19-24H2,1-3H3,(H2,34,39)/t29-,30+,33?/m1/s1. The smallest absolute Gasteiger partial charge is 0.249 e. The third-order valence-electron chi connectivity index (χ3n) is 7.71. The Hall–Kier alpha value is -3.42. The van der Waals surface area contributed by atoms with Crippen molar-refractivity contribution < 1.29 is 19.4 Å². The van der Waals surface area contributed by atoms with Gasteiger partial charge >= 0.3 is 0 Å². The van der Waals surface area contributed by atoms with E-state index >= 15 is 0 Å². The Bertz CT molecular complexity index is 1140. The molecule has 1 aliphatic carbocycles. The Morgan fingerprint density at radius 1 is 1.05 bits per heavy atom. The zero-order chi connectivity index (χ0) is 29.0. The van der Waals surface area contributed by atoms with Gasteiger partial charge in [0.25, 0.3) is 0 Å². The van der Waals surface area contributed by atoms with E-state index in [2.05, 4.69) is 5.32 Å². The molecule has 2 aromatic carbocycles. The van der Waals surface area contributed by atoms with Gasteiger partial charge in [-0.1, -0.05) is 74.5 Å². The molecule has 3 atom stereocenters. The van der Waals surface area contributed by atoms with Gasteiger partial charge in [0.05, 0.1) is 18.6 Å². The van der Waals surface area contributed by atoms with Crippen LogP contribution in [0, 0.1) is 11.3 Å². The summed E-state index contributed by atoms with van der Waals surface area (Å²) in [6.45, 7) is 6.37. The summed E-state index contributed by atoms with van der Waals surface area (Å²) < 4.78 is 5.23. The summed E-state index contributed by atoms with van der Waals surface area (Å²) in [6, 6.07) is 17.7. The molecule has 0 aromatic heterocycles. The predicted molar refractivity (Wildman–Crippen MR) is 160 cm³/mol. The lowest BCUT2D eigenvalue weighted by molar-refractivity contribution is -0.132. The van der Waals surface area contributed by atoms with Gasteiger partial charge in [-0.2, -0.15) is 0 Å². The largest absolute Gasteiger partial charge is 0.497 e. The van der Waals surface area contributed by atoms with Crippen molar-refractivity contribution in [3.8, 4) is 5.75 Å². The highest BCUT2D eigenvalue weighted by Gasteiger charge is 2.47. The maximum atomic E-state index is 13.5. The van der Waals surface area contributed by atoms with Gasteiger partial charge in [-0.05, 0) is 61.9 Å². The Labute approximate surface area is 239 Å². The maximum Gasteiger partial charge on any atom is 0.249 e. The van der Waals surface area contributed by atoms with E-state index in [0.29, 0.717) is 38.2 Å². The zero-order valence-electron chi connectivity index (χ0n) is 24.1. The van der Waals surface area contributed by atoms with Crippen LogP contribution in [0.4, 0.5) is 0 Å². The van der Waals surface area contributed by atoms with Gasteiger partial charge in [-0.3, -0.25) is 9.59 Å². The van der Waals surface area contributed by atoms with Crippen LogP contribution in [0.25, 0.3) is 0 Å². The predicted octanol–water partition coefficient (Wildman–Crippen LogP) is 4.05. The van der Waals surface area contributed by atoms with Crippen LogP contribution in [-0.2, 0) is 22.4 Å². The summed E-state index contributed by atoms with van der Waals surface area (Å²) in [6.07, 6.45) is 7.59. The summed E-state index contributed by atoms with van der Waals surface area (Å²) in [5.41, 5.74) is 7.64. The normalized spacial score (nSPS) is 18.1. The number of methoxy groups -OCH3 is 1. The van der Waals surface area contributed by atoms with E-state index in [0.717, 1.165) is 36.1 Å². The third-order valence-corrected chi connectivity index (χ3v) is 7.71. The number of nitrogens with two attached hydrogens (primary N) is 1. The molecule has 0 heterocycles. The maximum absolute atomic E-state index is 13.5. The van der Waals surface area contributed by atoms with Gasteiger partial charge in [0, 0.05) is 31.1 Å². The Balaban J connectivity index is 1.80. The van der Waals surface area contributed by atoms with Crippen LogP contribution in [0.15, 0.2) is 78.4 Å². The second-order valence-electron chi connectivity index (χ2n) is 10.6. The van der Waals surface area contributed by atoms with E-state index in [1.807, 2.05) is 73.3 Å². The number of carbonyl (C=O) groups excluding carboxylic acids is 2. The van der Waals surface area contributed by atoms with Crippen LogP contribution in [0.5, 0.6) is 5.75 Å². The number of nitrogens with zero attached hydrogens (tertiary/aromatic N) is 1. The van der Waals surface area contributed by atoms with Gasteiger partial charge in [0.15, 0.2) is 0 Å². The molecule has 0 aliphatic heterocycles. The lowest BCUT2D eigenvalue weighted by Gasteiger charge is -2.41. The number of amides is 2. The second-order valence-corrected chi connectivity index (χ2v) is 10.6. The molecule has 0 spiro atoms. The molecule has 0 saturated heterocycles. The number of hydrogen-bond donors (Lipinski definition) is 3. The fraction of sp³-hybridized carbons (Fsp3) is 0.455. The minimum absolute atomic E-state index is 0.0655. The number of ether oxygens (including phenoxy) is 1. The molecule has 7 nitrogen and oxygen atoms in total. The quantitative estimate of drug-likeness (QED) is 0.275. The van der Waals surface area contributed by atoms with Gasteiger partial charge in [-0.25, -0.2) is 0 Å². The number of nitrogens with one attached hydrogen (secondary N) is 1. The molecule has 4 N–H and O–H groups in total. The average Bonchev–Trinajstić information content (AvgIpc) is 2.98.